The Morgan fingerprint density at radius 2 is 2.00 bits per heavy atom. The fourth-order valence-corrected chi connectivity index (χ4v) is 2.81. The topological polar surface area (TPSA) is 83.7 Å². The highest BCUT2D eigenvalue weighted by atomic mass is 19.1. The second-order valence-corrected chi connectivity index (χ2v) is 5.29. The first kappa shape index (κ1) is 15.2. The smallest absolute Gasteiger partial charge is 0.342 e. The minimum Gasteiger partial charge on any atom is -0.477 e. The number of carboxylic acid groups (broad SMARTS) is 1. The Balaban J connectivity index is 2.41. The number of benzene rings is 1. The minimum atomic E-state index is -1.43. The summed E-state index contributed by atoms with van der Waals surface area (Å²) in [6, 6.07) is 1.89. The van der Waals surface area contributed by atoms with Gasteiger partial charge in [0.05, 0.1) is 16.7 Å². The lowest BCUT2D eigenvalue weighted by Crippen LogP contribution is -2.34. The van der Waals surface area contributed by atoms with Crippen LogP contribution >= 0.6 is 0 Å². The van der Waals surface area contributed by atoms with Crippen LogP contribution in [0.2, 0.25) is 0 Å². The molecule has 0 aromatic heterocycles. The first-order valence-electron chi connectivity index (χ1n) is 6.86. The molecule has 1 fully saturated rings. The molecule has 1 aliphatic carbocycles. The molecule has 2 rings (SSSR count). The van der Waals surface area contributed by atoms with E-state index in [2.05, 4.69) is 0 Å². The van der Waals surface area contributed by atoms with Crippen LogP contribution in [0.3, 0.4) is 0 Å². The molecule has 0 unspecified atom stereocenters. The van der Waals surface area contributed by atoms with Crippen LogP contribution < -0.4 is 4.90 Å². The van der Waals surface area contributed by atoms with E-state index in [0.717, 1.165) is 38.2 Å². The van der Waals surface area contributed by atoms with Gasteiger partial charge >= 0.3 is 5.97 Å². The molecule has 0 amide bonds. The normalized spacial score (nSPS) is 15.7. The van der Waals surface area contributed by atoms with Crippen LogP contribution in [0.4, 0.5) is 15.8 Å². The largest absolute Gasteiger partial charge is 0.477 e. The molecule has 1 aromatic rings. The van der Waals surface area contributed by atoms with Crippen molar-refractivity contribution in [3.05, 3.63) is 33.6 Å². The van der Waals surface area contributed by atoms with Crippen molar-refractivity contribution >= 4 is 17.3 Å². The van der Waals surface area contributed by atoms with Crippen LogP contribution in [0.1, 0.15) is 42.5 Å². The number of nitrogens with zero attached hydrogens (tertiary/aromatic N) is 2. The summed E-state index contributed by atoms with van der Waals surface area (Å²) in [6.45, 7) is 0. The number of hydrogen-bond donors (Lipinski definition) is 1. The molecule has 0 atom stereocenters. The quantitative estimate of drug-likeness (QED) is 0.681. The third-order valence-electron chi connectivity index (χ3n) is 3.99. The standard InChI is InChI=1S/C14H17FN2O4/c1-16(9-5-3-2-4-6-9)13-7-10(14(18)19)12(17(20)21)8-11(13)15/h7-9H,2-6H2,1H3,(H,18,19). The molecule has 0 bridgehead atoms. The highest BCUT2D eigenvalue weighted by Crippen LogP contribution is 2.32. The van der Waals surface area contributed by atoms with Crippen molar-refractivity contribution in [2.75, 3.05) is 11.9 Å². The average Bonchev–Trinajstić information content (AvgIpc) is 2.46. The third kappa shape index (κ3) is 3.12. The van der Waals surface area contributed by atoms with Crippen molar-refractivity contribution in [3.63, 3.8) is 0 Å². The van der Waals surface area contributed by atoms with Crippen LogP contribution in [-0.4, -0.2) is 29.1 Å². The van der Waals surface area contributed by atoms with E-state index in [1.807, 2.05) is 0 Å². The first-order valence-corrected chi connectivity index (χ1v) is 6.86. The van der Waals surface area contributed by atoms with Crippen LogP contribution in [-0.2, 0) is 0 Å². The number of halogens is 1. The lowest BCUT2D eigenvalue weighted by Gasteiger charge is -2.33. The molecule has 7 heteroatoms. The van der Waals surface area contributed by atoms with Gasteiger partial charge in [0.2, 0.25) is 0 Å². The molecule has 114 valence electrons. The lowest BCUT2D eigenvalue weighted by molar-refractivity contribution is -0.385. The molecule has 6 nitrogen and oxygen atoms in total. The second kappa shape index (κ2) is 6.07. The molecule has 21 heavy (non-hydrogen) atoms. The maximum atomic E-state index is 14.1. The number of nitro benzene ring substituents is 1. The number of hydrogen-bond acceptors (Lipinski definition) is 4. The Labute approximate surface area is 121 Å². The van der Waals surface area contributed by atoms with Crippen molar-refractivity contribution in [2.45, 2.75) is 38.1 Å². The number of carbonyl (C=O) groups is 1. The summed E-state index contributed by atoms with van der Waals surface area (Å²) < 4.78 is 14.1. The number of anilines is 1. The zero-order chi connectivity index (χ0) is 15.6. The molecule has 0 saturated heterocycles. The second-order valence-electron chi connectivity index (χ2n) is 5.29. The average molecular weight is 296 g/mol. The summed E-state index contributed by atoms with van der Waals surface area (Å²) in [7, 11) is 1.70. The number of nitro groups is 1. The van der Waals surface area contributed by atoms with Crippen LogP contribution in [0.15, 0.2) is 12.1 Å². The molecular weight excluding hydrogens is 279 g/mol. The Morgan fingerprint density at radius 3 is 2.52 bits per heavy atom. The van der Waals surface area contributed by atoms with Gasteiger partial charge in [0.1, 0.15) is 5.56 Å². The van der Waals surface area contributed by atoms with Crippen molar-refractivity contribution in [1.29, 1.82) is 0 Å². The summed E-state index contributed by atoms with van der Waals surface area (Å²) in [5, 5.41) is 19.9. The Bertz CT molecular complexity index is 570. The van der Waals surface area contributed by atoms with Crippen molar-refractivity contribution in [1.82, 2.24) is 0 Å². The van der Waals surface area contributed by atoms with E-state index in [-0.39, 0.29) is 11.7 Å². The van der Waals surface area contributed by atoms with E-state index < -0.39 is 28.0 Å². The summed E-state index contributed by atoms with van der Waals surface area (Å²) in [5.41, 5.74) is -1.11. The van der Waals surface area contributed by atoms with Gasteiger partial charge in [-0.15, -0.1) is 0 Å². The van der Waals surface area contributed by atoms with E-state index in [4.69, 9.17) is 5.11 Å². The van der Waals surface area contributed by atoms with Gasteiger partial charge in [-0.2, -0.15) is 0 Å². The summed E-state index contributed by atoms with van der Waals surface area (Å²) in [4.78, 5) is 22.8. The van der Waals surface area contributed by atoms with Crippen molar-refractivity contribution < 1.29 is 19.2 Å². The molecule has 1 N–H and O–H groups in total. The van der Waals surface area contributed by atoms with Gasteiger partial charge in [-0.3, -0.25) is 10.1 Å². The molecule has 1 aliphatic rings. The molecular formula is C14H17FN2O4. The summed E-state index contributed by atoms with van der Waals surface area (Å²) in [6.07, 6.45) is 5.07. The third-order valence-corrected chi connectivity index (χ3v) is 3.99. The van der Waals surface area contributed by atoms with Crippen LogP contribution in [0.25, 0.3) is 0 Å². The highest BCUT2D eigenvalue weighted by Gasteiger charge is 2.27. The van der Waals surface area contributed by atoms with E-state index in [9.17, 15) is 19.3 Å². The number of carboxylic acids is 1. The Kier molecular flexibility index (Phi) is 4.40. The van der Waals surface area contributed by atoms with Gasteiger partial charge in [0.15, 0.2) is 5.82 Å². The van der Waals surface area contributed by atoms with E-state index in [0.29, 0.717) is 6.07 Å². The predicted octanol–water partition coefficient (Wildman–Crippen LogP) is 3.20. The van der Waals surface area contributed by atoms with E-state index >= 15 is 0 Å². The van der Waals surface area contributed by atoms with Gasteiger partial charge in [-0.05, 0) is 18.9 Å². The van der Waals surface area contributed by atoms with Gasteiger partial charge in [-0.1, -0.05) is 19.3 Å². The monoisotopic (exact) mass is 296 g/mol. The van der Waals surface area contributed by atoms with Gasteiger partial charge in [-0.25, -0.2) is 9.18 Å². The van der Waals surface area contributed by atoms with Crippen molar-refractivity contribution in [2.24, 2.45) is 0 Å². The molecule has 0 spiro atoms. The maximum absolute atomic E-state index is 14.1. The molecule has 0 aliphatic heterocycles. The SMILES string of the molecule is CN(c1cc(C(=O)O)c([N+](=O)[O-])cc1F)C1CCCCC1. The predicted molar refractivity (Wildman–Crippen MR) is 75.3 cm³/mol. The molecule has 1 saturated carbocycles. The van der Waals surface area contributed by atoms with E-state index in [1.54, 1.807) is 11.9 Å². The highest BCUT2D eigenvalue weighted by molar-refractivity contribution is 5.93. The van der Waals surface area contributed by atoms with E-state index in [1.165, 1.54) is 0 Å². The van der Waals surface area contributed by atoms with Gasteiger partial charge in [0, 0.05) is 13.1 Å². The summed E-state index contributed by atoms with van der Waals surface area (Å²) >= 11 is 0. The van der Waals surface area contributed by atoms with Gasteiger partial charge < -0.3 is 10.0 Å². The lowest BCUT2D eigenvalue weighted by atomic mass is 9.94. The summed E-state index contributed by atoms with van der Waals surface area (Å²) in [5.74, 6) is -2.19. The first-order chi connectivity index (χ1) is 9.91. The van der Waals surface area contributed by atoms with Crippen LogP contribution in [0, 0.1) is 15.9 Å². The van der Waals surface area contributed by atoms with Crippen LogP contribution in [0.5, 0.6) is 0 Å². The number of aromatic carboxylic acids is 1. The fraction of sp³-hybridized carbons (Fsp3) is 0.500. The number of rotatable bonds is 4. The zero-order valence-electron chi connectivity index (χ0n) is 11.7. The maximum Gasteiger partial charge on any atom is 0.342 e. The van der Waals surface area contributed by atoms with Crippen molar-refractivity contribution in [3.8, 4) is 0 Å². The Morgan fingerprint density at radius 1 is 1.38 bits per heavy atom. The fourth-order valence-electron chi connectivity index (χ4n) is 2.81. The minimum absolute atomic E-state index is 0.102. The molecule has 0 radical (unpaired) electrons. The Hall–Kier alpha value is -2.18. The zero-order valence-corrected chi connectivity index (χ0v) is 11.7. The molecule has 1 aromatic carbocycles. The molecule has 0 heterocycles. The van der Waals surface area contributed by atoms with Gasteiger partial charge in [0.25, 0.3) is 5.69 Å².